The lowest BCUT2D eigenvalue weighted by Gasteiger charge is -2.44. The summed E-state index contributed by atoms with van der Waals surface area (Å²) in [5.41, 5.74) is -0.141. The van der Waals surface area contributed by atoms with Crippen LogP contribution in [0.4, 0.5) is 4.39 Å². The molecule has 0 bridgehead atoms. The molecular formula is C21H26FNO2. The van der Waals surface area contributed by atoms with Crippen LogP contribution in [0.3, 0.4) is 0 Å². The van der Waals surface area contributed by atoms with Gasteiger partial charge in [0.1, 0.15) is 11.6 Å². The first-order valence-corrected chi connectivity index (χ1v) is 9.44. The number of hydrogen-bond acceptors (Lipinski definition) is 3. The van der Waals surface area contributed by atoms with E-state index in [0.717, 1.165) is 51.4 Å². The zero-order valence-corrected chi connectivity index (χ0v) is 14.8. The second-order valence-corrected chi connectivity index (χ2v) is 7.79. The number of nitriles is 1. The Morgan fingerprint density at radius 1 is 1.28 bits per heavy atom. The molecular weight excluding hydrogens is 317 g/mol. The van der Waals surface area contributed by atoms with E-state index in [0.29, 0.717) is 17.6 Å². The maximum Gasteiger partial charge on any atom is 0.314 e. The Morgan fingerprint density at radius 3 is 2.72 bits per heavy atom. The Morgan fingerprint density at radius 2 is 2.04 bits per heavy atom. The van der Waals surface area contributed by atoms with E-state index in [1.807, 2.05) is 0 Å². The highest BCUT2D eigenvalue weighted by atomic mass is 19.1. The standard InChI is InChI=1S/C21H26FNO2/c1-2-10-21(14-23)11-9-15-12-16(3-4-17(15)13-21)20(24)25-19-7-5-18(22)6-8-19/h5-8,15-17H,2-4,9-13H2,1H3. The van der Waals surface area contributed by atoms with Gasteiger partial charge in [-0.2, -0.15) is 5.26 Å². The van der Waals surface area contributed by atoms with Crippen LogP contribution in [0.2, 0.25) is 0 Å². The molecule has 0 aliphatic heterocycles. The normalized spacial score (nSPS) is 31.6. The molecule has 2 fully saturated rings. The van der Waals surface area contributed by atoms with Crippen molar-refractivity contribution in [2.75, 3.05) is 0 Å². The third-order valence-corrected chi connectivity index (χ3v) is 6.12. The minimum Gasteiger partial charge on any atom is -0.426 e. The lowest BCUT2D eigenvalue weighted by atomic mass is 9.59. The van der Waals surface area contributed by atoms with Gasteiger partial charge in [-0.1, -0.05) is 13.3 Å². The van der Waals surface area contributed by atoms with Gasteiger partial charge < -0.3 is 4.74 Å². The minimum atomic E-state index is -0.337. The SMILES string of the molecule is CCCC1(C#N)CCC2CC(C(=O)Oc3ccc(F)cc3)CCC2C1. The predicted molar refractivity (Wildman–Crippen MR) is 93.2 cm³/mol. The van der Waals surface area contributed by atoms with Crippen LogP contribution in [0.5, 0.6) is 5.75 Å². The molecule has 0 amide bonds. The zero-order valence-electron chi connectivity index (χ0n) is 14.8. The molecule has 1 aromatic rings. The van der Waals surface area contributed by atoms with E-state index in [-0.39, 0.29) is 23.1 Å². The summed E-state index contributed by atoms with van der Waals surface area (Å²) in [7, 11) is 0. The molecule has 134 valence electrons. The van der Waals surface area contributed by atoms with Crippen LogP contribution in [0.15, 0.2) is 24.3 Å². The van der Waals surface area contributed by atoms with Crippen molar-refractivity contribution in [1.29, 1.82) is 5.26 Å². The second kappa shape index (κ2) is 7.56. The van der Waals surface area contributed by atoms with Gasteiger partial charge in [-0.05, 0) is 81.0 Å². The number of nitrogens with zero attached hydrogens (tertiary/aromatic N) is 1. The fourth-order valence-electron chi connectivity index (χ4n) is 4.79. The molecule has 3 rings (SSSR count). The smallest absolute Gasteiger partial charge is 0.314 e. The van der Waals surface area contributed by atoms with Gasteiger partial charge in [0, 0.05) is 0 Å². The summed E-state index contributed by atoms with van der Waals surface area (Å²) in [6.45, 7) is 2.15. The van der Waals surface area contributed by atoms with Crippen molar-refractivity contribution in [3.8, 4) is 11.8 Å². The second-order valence-electron chi connectivity index (χ2n) is 7.79. The molecule has 2 aliphatic carbocycles. The molecule has 2 saturated carbocycles. The molecule has 0 heterocycles. The number of halogens is 1. The highest BCUT2D eigenvalue weighted by Crippen LogP contribution is 2.51. The summed E-state index contributed by atoms with van der Waals surface area (Å²) in [6.07, 6.45) is 7.72. The molecule has 25 heavy (non-hydrogen) atoms. The Labute approximate surface area is 149 Å². The molecule has 4 atom stereocenters. The van der Waals surface area contributed by atoms with E-state index in [1.54, 1.807) is 0 Å². The molecule has 0 spiro atoms. The molecule has 4 unspecified atom stereocenters. The quantitative estimate of drug-likeness (QED) is 0.553. The third-order valence-electron chi connectivity index (χ3n) is 6.12. The fourth-order valence-corrected chi connectivity index (χ4v) is 4.79. The summed E-state index contributed by atoms with van der Waals surface area (Å²) < 4.78 is 18.4. The largest absolute Gasteiger partial charge is 0.426 e. The summed E-state index contributed by atoms with van der Waals surface area (Å²) >= 11 is 0. The molecule has 0 saturated heterocycles. The first-order chi connectivity index (χ1) is 12.0. The first kappa shape index (κ1) is 17.9. The van der Waals surface area contributed by atoms with E-state index in [1.165, 1.54) is 24.3 Å². The molecule has 1 aromatic carbocycles. The van der Waals surface area contributed by atoms with E-state index < -0.39 is 0 Å². The average molecular weight is 343 g/mol. The van der Waals surface area contributed by atoms with Gasteiger partial charge >= 0.3 is 5.97 Å². The van der Waals surface area contributed by atoms with Crippen LogP contribution in [-0.4, -0.2) is 5.97 Å². The van der Waals surface area contributed by atoms with Crippen LogP contribution in [-0.2, 0) is 4.79 Å². The number of hydrogen-bond donors (Lipinski definition) is 0. The number of fused-ring (bicyclic) bond motifs is 1. The summed E-state index contributed by atoms with van der Waals surface area (Å²) in [5.74, 6) is 0.884. The number of rotatable bonds is 4. The van der Waals surface area contributed by atoms with Crippen molar-refractivity contribution in [2.45, 2.75) is 58.3 Å². The average Bonchev–Trinajstić information content (AvgIpc) is 2.63. The fraction of sp³-hybridized carbons (Fsp3) is 0.619. The number of benzene rings is 1. The van der Waals surface area contributed by atoms with Crippen LogP contribution in [0, 0.1) is 40.3 Å². The Bertz CT molecular complexity index is 651. The van der Waals surface area contributed by atoms with Gasteiger partial charge in [-0.15, -0.1) is 0 Å². The summed E-state index contributed by atoms with van der Waals surface area (Å²) in [5, 5.41) is 9.64. The molecule has 4 heteroatoms. The third kappa shape index (κ3) is 4.03. The Kier molecular flexibility index (Phi) is 5.42. The maximum atomic E-state index is 12.9. The van der Waals surface area contributed by atoms with Crippen molar-refractivity contribution < 1.29 is 13.9 Å². The van der Waals surface area contributed by atoms with Gasteiger partial charge in [-0.3, -0.25) is 4.79 Å². The number of carbonyl (C=O) groups excluding carboxylic acids is 1. The van der Waals surface area contributed by atoms with Crippen molar-refractivity contribution in [1.82, 2.24) is 0 Å². The number of carbonyl (C=O) groups is 1. The Hall–Kier alpha value is -1.89. The summed E-state index contributed by atoms with van der Waals surface area (Å²) in [4.78, 5) is 12.4. The van der Waals surface area contributed by atoms with Crippen molar-refractivity contribution >= 4 is 5.97 Å². The zero-order chi connectivity index (χ0) is 17.9. The van der Waals surface area contributed by atoms with Crippen LogP contribution in [0.1, 0.15) is 58.3 Å². The monoisotopic (exact) mass is 343 g/mol. The lowest BCUT2D eigenvalue weighted by molar-refractivity contribution is -0.141. The molecule has 0 aromatic heterocycles. The van der Waals surface area contributed by atoms with Gasteiger partial charge in [0.25, 0.3) is 0 Å². The van der Waals surface area contributed by atoms with Crippen molar-refractivity contribution in [3.05, 3.63) is 30.1 Å². The highest BCUT2D eigenvalue weighted by Gasteiger charge is 2.44. The molecule has 0 radical (unpaired) electrons. The lowest BCUT2D eigenvalue weighted by Crippen LogP contribution is -2.38. The number of ether oxygens (including phenoxy) is 1. The van der Waals surface area contributed by atoms with E-state index in [4.69, 9.17) is 4.74 Å². The molecule has 3 nitrogen and oxygen atoms in total. The molecule has 0 N–H and O–H groups in total. The van der Waals surface area contributed by atoms with E-state index in [9.17, 15) is 14.4 Å². The van der Waals surface area contributed by atoms with Crippen LogP contribution >= 0.6 is 0 Å². The van der Waals surface area contributed by atoms with Crippen molar-refractivity contribution in [2.24, 2.45) is 23.2 Å². The predicted octanol–water partition coefficient (Wildman–Crippen LogP) is 5.26. The van der Waals surface area contributed by atoms with Gasteiger partial charge in [0.15, 0.2) is 0 Å². The van der Waals surface area contributed by atoms with Crippen LogP contribution < -0.4 is 4.74 Å². The van der Waals surface area contributed by atoms with E-state index >= 15 is 0 Å². The van der Waals surface area contributed by atoms with Gasteiger partial charge in [0.2, 0.25) is 0 Å². The van der Waals surface area contributed by atoms with Gasteiger partial charge in [0.05, 0.1) is 17.4 Å². The first-order valence-electron chi connectivity index (χ1n) is 9.44. The topological polar surface area (TPSA) is 50.1 Å². The Balaban J connectivity index is 1.58. The van der Waals surface area contributed by atoms with Crippen molar-refractivity contribution in [3.63, 3.8) is 0 Å². The van der Waals surface area contributed by atoms with Gasteiger partial charge in [-0.25, -0.2) is 4.39 Å². The number of esters is 1. The maximum absolute atomic E-state index is 12.9. The highest BCUT2D eigenvalue weighted by molar-refractivity contribution is 5.75. The van der Waals surface area contributed by atoms with E-state index in [2.05, 4.69) is 13.0 Å². The summed E-state index contributed by atoms with van der Waals surface area (Å²) in [6, 6.07) is 8.19. The molecule has 2 aliphatic rings. The minimum absolute atomic E-state index is 0.0768. The van der Waals surface area contributed by atoms with Crippen LogP contribution in [0.25, 0.3) is 0 Å².